The molecule has 1 heterocycles. The summed E-state index contributed by atoms with van der Waals surface area (Å²) in [5.41, 5.74) is 0. The van der Waals surface area contributed by atoms with E-state index in [0.717, 1.165) is 45.4 Å². The summed E-state index contributed by atoms with van der Waals surface area (Å²) >= 11 is 0. The van der Waals surface area contributed by atoms with Crippen molar-refractivity contribution >= 4 is 11.8 Å². The fourth-order valence-electron chi connectivity index (χ4n) is 4.06. The molecule has 2 fully saturated rings. The number of likely N-dealkylation sites (tertiary alicyclic amines) is 1. The Balaban J connectivity index is 1.75. The molecule has 2 amide bonds. The predicted molar refractivity (Wildman–Crippen MR) is 96.7 cm³/mol. The molecule has 0 atom stereocenters. The molecule has 0 unspecified atom stereocenters. The van der Waals surface area contributed by atoms with Crippen LogP contribution in [0, 0.1) is 5.92 Å². The van der Waals surface area contributed by atoms with Gasteiger partial charge in [0.15, 0.2) is 0 Å². The number of amides is 2. The standard InChI is InChI=1S/C19H35N3O2/c1-3-12-20-19(24)16-10-13-21(14-11-16)15-18(23)22(4-2)17-8-6-5-7-9-17/h16-17H,3-15H2,1-2H3,(H,20,24). The average Bonchev–Trinajstić information content (AvgIpc) is 2.62. The Hall–Kier alpha value is -1.10. The van der Waals surface area contributed by atoms with Gasteiger partial charge >= 0.3 is 0 Å². The van der Waals surface area contributed by atoms with E-state index >= 15 is 0 Å². The first-order valence-electron chi connectivity index (χ1n) is 9.95. The van der Waals surface area contributed by atoms with E-state index in [1.165, 1.54) is 32.1 Å². The normalized spacial score (nSPS) is 20.8. The number of hydrogen-bond donors (Lipinski definition) is 1. The van der Waals surface area contributed by atoms with Crippen LogP contribution in [0.3, 0.4) is 0 Å². The molecule has 2 rings (SSSR count). The van der Waals surface area contributed by atoms with Gasteiger partial charge in [-0.05, 0) is 52.1 Å². The van der Waals surface area contributed by atoms with Gasteiger partial charge in [-0.1, -0.05) is 26.2 Å². The van der Waals surface area contributed by atoms with Crippen LogP contribution in [0.15, 0.2) is 0 Å². The fraction of sp³-hybridized carbons (Fsp3) is 0.895. The monoisotopic (exact) mass is 337 g/mol. The van der Waals surface area contributed by atoms with Gasteiger partial charge in [-0.15, -0.1) is 0 Å². The maximum atomic E-state index is 12.7. The Morgan fingerprint density at radius 2 is 1.71 bits per heavy atom. The lowest BCUT2D eigenvalue weighted by atomic mass is 9.94. The van der Waals surface area contributed by atoms with Crippen molar-refractivity contribution in [3.63, 3.8) is 0 Å². The molecule has 5 heteroatoms. The number of rotatable bonds is 7. The molecule has 1 aliphatic heterocycles. The summed E-state index contributed by atoms with van der Waals surface area (Å²) in [5.74, 6) is 0.599. The Bertz CT molecular complexity index is 399. The number of carbonyl (C=O) groups is 2. The van der Waals surface area contributed by atoms with Crippen LogP contribution in [-0.4, -0.2) is 60.4 Å². The zero-order valence-corrected chi connectivity index (χ0v) is 15.6. The summed E-state index contributed by atoms with van der Waals surface area (Å²) in [5, 5.41) is 3.00. The lowest BCUT2D eigenvalue weighted by Crippen LogP contribution is -2.48. The second-order valence-electron chi connectivity index (χ2n) is 7.31. The van der Waals surface area contributed by atoms with Crippen LogP contribution in [0.2, 0.25) is 0 Å². The van der Waals surface area contributed by atoms with Crippen molar-refractivity contribution in [1.29, 1.82) is 0 Å². The average molecular weight is 338 g/mol. The Kier molecular flexibility index (Phi) is 8.03. The highest BCUT2D eigenvalue weighted by atomic mass is 16.2. The highest BCUT2D eigenvalue weighted by Crippen LogP contribution is 2.23. The number of carbonyl (C=O) groups excluding carboxylic acids is 2. The van der Waals surface area contributed by atoms with Gasteiger partial charge in [0.1, 0.15) is 0 Å². The van der Waals surface area contributed by atoms with Crippen LogP contribution in [0.1, 0.15) is 65.2 Å². The third-order valence-electron chi connectivity index (χ3n) is 5.54. The van der Waals surface area contributed by atoms with Crippen LogP contribution in [0.4, 0.5) is 0 Å². The van der Waals surface area contributed by atoms with E-state index in [1.54, 1.807) is 0 Å². The molecule has 1 saturated carbocycles. The van der Waals surface area contributed by atoms with Crippen molar-refractivity contribution in [2.45, 2.75) is 71.3 Å². The maximum absolute atomic E-state index is 12.7. The quantitative estimate of drug-likeness (QED) is 0.776. The summed E-state index contributed by atoms with van der Waals surface area (Å²) in [7, 11) is 0. The van der Waals surface area contributed by atoms with Crippen molar-refractivity contribution in [1.82, 2.24) is 15.1 Å². The molecule has 0 aromatic rings. The van der Waals surface area contributed by atoms with Gasteiger partial charge in [-0.3, -0.25) is 14.5 Å². The highest BCUT2D eigenvalue weighted by Gasteiger charge is 2.28. The molecule has 1 saturated heterocycles. The molecule has 0 radical (unpaired) electrons. The molecular weight excluding hydrogens is 302 g/mol. The Morgan fingerprint density at radius 3 is 2.29 bits per heavy atom. The van der Waals surface area contributed by atoms with E-state index in [4.69, 9.17) is 0 Å². The molecule has 0 aromatic carbocycles. The van der Waals surface area contributed by atoms with Crippen LogP contribution in [-0.2, 0) is 9.59 Å². The molecule has 24 heavy (non-hydrogen) atoms. The SMILES string of the molecule is CCCNC(=O)C1CCN(CC(=O)N(CC)C2CCCCC2)CC1. The van der Waals surface area contributed by atoms with Crippen molar-refractivity contribution in [3.05, 3.63) is 0 Å². The maximum Gasteiger partial charge on any atom is 0.236 e. The van der Waals surface area contributed by atoms with Crippen molar-refractivity contribution in [2.24, 2.45) is 5.92 Å². The second-order valence-corrected chi connectivity index (χ2v) is 7.31. The third-order valence-corrected chi connectivity index (χ3v) is 5.54. The summed E-state index contributed by atoms with van der Waals surface area (Å²) in [6.45, 7) is 7.99. The number of nitrogens with one attached hydrogen (secondary N) is 1. The van der Waals surface area contributed by atoms with Crippen molar-refractivity contribution in [2.75, 3.05) is 32.7 Å². The third kappa shape index (κ3) is 5.47. The van der Waals surface area contributed by atoms with Gasteiger partial charge in [-0.2, -0.15) is 0 Å². The molecular formula is C19H35N3O2. The zero-order chi connectivity index (χ0) is 17.4. The van der Waals surface area contributed by atoms with Gasteiger partial charge in [0.05, 0.1) is 6.54 Å². The second kappa shape index (κ2) is 10.0. The topological polar surface area (TPSA) is 52.7 Å². The first-order valence-corrected chi connectivity index (χ1v) is 9.95. The minimum atomic E-state index is 0.128. The van der Waals surface area contributed by atoms with Crippen LogP contribution in [0.25, 0.3) is 0 Å². The number of hydrogen-bond acceptors (Lipinski definition) is 3. The van der Waals surface area contributed by atoms with Crippen molar-refractivity contribution < 1.29 is 9.59 Å². The first-order chi connectivity index (χ1) is 11.7. The van der Waals surface area contributed by atoms with E-state index in [1.807, 2.05) is 0 Å². The summed E-state index contributed by atoms with van der Waals surface area (Å²) in [6.07, 6.45) is 8.89. The molecule has 1 N–H and O–H groups in total. The number of piperidine rings is 1. The zero-order valence-electron chi connectivity index (χ0n) is 15.6. The minimum absolute atomic E-state index is 0.128. The van der Waals surface area contributed by atoms with E-state index in [9.17, 15) is 9.59 Å². The van der Waals surface area contributed by atoms with Crippen LogP contribution in [0.5, 0.6) is 0 Å². The van der Waals surface area contributed by atoms with E-state index < -0.39 is 0 Å². The lowest BCUT2D eigenvalue weighted by molar-refractivity contribution is -0.135. The largest absolute Gasteiger partial charge is 0.356 e. The van der Waals surface area contributed by atoms with Gasteiger partial charge in [0.2, 0.25) is 11.8 Å². The summed E-state index contributed by atoms with van der Waals surface area (Å²) in [4.78, 5) is 29.1. The van der Waals surface area contributed by atoms with Gasteiger partial charge in [0, 0.05) is 25.0 Å². The number of nitrogens with zero attached hydrogens (tertiary/aromatic N) is 2. The molecule has 1 aliphatic carbocycles. The van der Waals surface area contributed by atoms with Crippen LogP contribution < -0.4 is 5.32 Å². The summed E-state index contributed by atoms with van der Waals surface area (Å²) in [6, 6.07) is 0.452. The van der Waals surface area contributed by atoms with Gasteiger partial charge in [-0.25, -0.2) is 0 Å². The van der Waals surface area contributed by atoms with Crippen molar-refractivity contribution in [3.8, 4) is 0 Å². The van der Waals surface area contributed by atoms with E-state index in [2.05, 4.69) is 29.0 Å². The Labute approximate surface area is 147 Å². The molecule has 2 aliphatic rings. The fourth-order valence-corrected chi connectivity index (χ4v) is 4.06. The smallest absolute Gasteiger partial charge is 0.236 e. The van der Waals surface area contributed by atoms with Gasteiger partial charge < -0.3 is 10.2 Å². The molecule has 0 spiro atoms. The Morgan fingerprint density at radius 1 is 1.04 bits per heavy atom. The highest BCUT2D eigenvalue weighted by molar-refractivity contribution is 5.79. The lowest BCUT2D eigenvalue weighted by Gasteiger charge is -2.36. The molecule has 0 bridgehead atoms. The van der Waals surface area contributed by atoms with E-state index in [-0.39, 0.29) is 17.7 Å². The van der Waals surface area contributed by atoms with E-state index in [0.29, 0.717) is 12.6 Å². The summed E-state index contributed by atoms with van der Waals surface area (Å²) < 4.78 is 0. The van der Waals surface area contributed by atoms with Gasteiger partial charge in [0.25, 0.3) is 0 Å². The first kappa shape index (κ1) is 19.2. The molecule has 5 nitrogen and oxygen atoms in total. The predicted octanol–water partition coefficient (Wildman–Crippen LogP) is 2.41. The molecule has 138 valence electrons. The van der Waals surface area contributed by atoms with Crippen LogP contribution >= 0.6 is 0 Å². The molecule has 0 aromatic heterocycles. The minimum Gasteiger partial charge on any atom is -0.356 e. The number of likely N-dealkylation sites (N-methyl/N-ethyl adjacent to an activating group) is 1.